The van der Waals surface area contributed by atoms with Crippen LogP contribution in [0.5, 0.6) is 0 Å². The van der Waals surface area contributed by atoms with Gasteiger partial charge in [0.1, 0.15) is 5.69 Å². The van der Waals surface area contributed by atoms with Crippen molar-refractivity contribution < 1.29 is 26.6 Å². The van der Waals surface area contributed by atoms with Gasteiger partial charge in [0.25, 0.3) is 0 Å². The Morgan fingerprint density at radius 2 is 2.12 bits per heavy atom. The standard InChI is InChI=1S/C13H18F4N4O2S/c1-9(10-4-5-11(19-8-10)13(15,16)17)24(2,22)21-12(18)20-23-7-3-6-14/h4-5,8H,3,6-7H2,1-2H3,(H3,18,20,21,22). The number of guanidine groups is 1. The predicted molar refractivity (Wildman–Crippen MR) is 84.4 cm³/mol. The molecule has 0 aliphatic rings. The quantitative estimate of drug-likeness (QED) is 0.151. The Kier molecular flexibility index (Phi) is 6.96. The van der Waals surface area contributed by atoms with Gasteiger partial charge in [0.2, 0.25) is 5.96 Å². The van der Waals surface area contributed by atoms with E-state index in [-0.39, 0.29) is 29.4 Å². The second-order valence-corrected chi connectivity index (χ2v) is 7.16. The highest BCUT2D eigenvalue weighted by Gasteiger charge is 2.32. The molecule has 0 aliphatic heterocycles. The number of alkyl halides is 4. The van der Waals surface area contributed by atoms with Crippen molar-refractivity contribution in [1.82, 2.24) is 10.5 Å². The predicted octanol–water partition coefficient (Wildman–Crippen LogP) is 1.67. The lowest BCUT2D eigenvalue weighted by Gasteiger charge is -2.10. The SMILES string of the molecule is CC(c1ccc(C(F)(F)F)nc1)=S(C)(=O)N=C(N)NOCCCF. The number of hydroxylamine groups is 1. The minimum absolute atomic E-state index is 0.0448. The fourth-order valence-electron chi connectivity index (χ4n) is 1.51. The molecule has 1 rings (SSSR count). The highest BCUT2D eigenvalue weighted by atomic mass is 32.2. The molecule has 1 aromatic heterocycles. The van der Waals surface area contributed by atoms with Crippen molar-refractivity contribution in [3.8, 4) is 0 Å². The van der Waals surface area contributed by atoms with Gasteiger partial charge < -0.3 is 5.73 Å². The minimum Gasteiger partial charge on any atom is -0.367 e. The van der Waals surface area contributed by atoms with E-state index in [9.17, 15) is 21.8 Å². The maximum atomic E-state index is 12.6. The zero-order valence-electron chi connectivity index (χ0n) is 13.1. The van der Waals surface area contributed by atoms with Crippen LogP contribution >= 0.6 is 0 Å². The van der Waals surface area contributed by atoms with Gasteiger partial charge in [-0.1, -0.05) is 6.07 Å². The summed E-state index contributed by atoms with van der Waals surface area (Å²) in [5.41, 5.74) is 6.91. The number of hydrogen-bond donors (Lipinski definition) is 2. The summed E-state index contributed by atoms with van der Waals surface area (Å²) in [4.78, 5) is 8.31. The minimum atomic E-state index is -4.55. The summed E-state index contributed by atoms with van der Waals surface area (Å²) >= 11 is 0. The van der Waals surface area contributed by atoms with E-state index >= 15 is 0 Å². The second kappa shape index (κ2) is 8.29. The van der Waals surface area contributed by atoms with E-state index in [4.69, 9.17) is 10.6 Å². The molecule has 0 saturated heterocycles. The zero-order chi connectivity index (χ0) is 18.4. The summed E-state index contributed by atoms with van der Waals surface area (Å²) in [6, 6.07) is 1.95. The molecule has 1 unspecified atom stereocenters. The van der Waals surface area contributed by atoms with Crippen LogP contribution in [0.3, 0.4) is 0 Å². The normalized spacial score (nSPS) is 15.0. The Balaban J connectivity index is 2.98. The summed E-state index contributed by atoms with van der Waals surface area (Å²) in [5, 5.41) is 0. The van der Waals surface area contributed by atoms with E-state index in [0.717, 1.165) is 18.3 Å². The summed E-state index contributed by atoms with van der Waals surface area (Å²) < 4.78 is 65.7. The van der Waals surface area contributed by atoms with E-state index in [2.05, 4.69) is 14.9 Å². The average molecular weight is 370 g/mol. The number of hydrogen-bond acceptors (Lipinski definition) is 3. The molecule has 0 aromatic carbocycles. The van der Waals surface area contributed by atoms with Crippen LogP contribution < -0.4 is 11.2 Å². The number of aromatic nitrogens is 1. The van der Waals surface area contributed by atoms with E-state index < -0.39 is 28.3 Å². The summed E-state index contributed by atoms with van der Waals surface area (Å²) in [5.74, 6) is -0.291. The van der Waals surface area contributed by atoms with Crippen molar-refractivity contribution in [2.45, 2.75) is 19.5 Å². The van der Waals surface area contributed by atoms with Gasteiger partial charge in [-0.2, -0.15) is 17.6 Å². The average Bonchev–Trinajstić information content (AvgIpc) is 2.49. The Labute approximate surface area is 137 Å². The number of pyridine rings is 1. The number of nitrogens with one attached hydrogen (secondary N) is 1. The summed E-state index contributed by atoms with van der Waals surface area (Å²) in [6.07, 6.45) is -2.15. The van der Waals surface area contributed by atoms with Gasteiger partial charge in [0, 0.05) is 29.3 Å². The van der Waals surface area contributed by atoms with Gasteiger partial charge in [0.15, 0.2) is 0 Å². The first-order chi connectivity index (χ1) is 11.1. The molecule has 0 spiro atoms. The van der Waals surface area contributed by atoms with Crippen LogP contribution in [0, 0.1) is 0 Å². The summed E-state index contributed by atoms with van der Waals surface area (Å²) in [6.45, 7) is 0.938. The number of rotatable bonds is 6. The maximum absolute atomic E-state index is 12.6. The fourth-order valence-corrected chi connectivity index (χ4v) is 2.62. The Bertz CT molecular complexity index is 695. The Morgan fingerprint density at radius 3 is 2.62 bits per heavy atom. The van der Waals surface area contributed by atoms with Gasteiger partial charge in [0.05, 0.1) is 23.0 Å². The van der Waals surface area contributed by atoms with Gasteiger partial charge >= 0.3 is 6.18 Å². The molecule has 3 N–H and O–H groups in total. The molecule has 0 amide bonds. The molecule has 136 valence electrons. The molecule has 0 aliphatic carbocycles. The Hall–Kier alpha value is -1.88. The van der Waals surface area contributed by atoms with Crippen LogP contribution in [0.4, 0.5) is 17.6 Å². The molecule has 1 aromatic rings. The van der Waals surface area contributed by atoms with Crippen molar-refractivity contribution in [3.05, 3.63) is 29.6 Å². The first-order valence-electron chi connectivity index (χ1n) is 6.73. The van der Waals surface area contributed by atoms with Crippen molar-refractivity contribution in [3.63, 3.8) is 0 Å². The lowest BCUT2D eigenvalue weighted by atomic mass is 10.2. The van der Waals surface area contributed by atoms with Crippen molar-refractivity contribution in [2.24, 2.45) is 10.1 Å². The highest BCUT2D eigenvalue weighted by Crippen LogP contribution is 2.27. The third kappa shape index (κ3) is 5.96. The second-order valence-electron chi connectivity index (χ2n) is 4.76. The number of halogens is 4. The highest BCUT2D eigenvalue weighted by molar-refractivity contribution is 8.01. The first-order valence-corrected chi connectivity index (χ1v) is 8.66. The molecule has 6 nitrogen and oxygen atoms in total. The molecule has 0 bridgehead atoms. The van der Waals surface area contributed by atoms with Crippen LogP contribution in [-0.2, 0) is 20.7 Å². The summed E-state index contributed by atoms with van der Waals surface area (Å²) in [7, 11) is -3.01. The smallest absolute Gasteiger partial charge is 0.367 e. The lowest BCUT2D eigenvalue weighted by molar-refractivity contribution is -0.141. The lowest BCUT2D eigenvalue weighted by Crippen LogP contribution is -2.33. The first kappa shape index (κ1) is 20.2. The van der Waals surface area contributed by atoms with Crippen molar-refractivity contribution in [1.29, 1.82) is 0 Å². The van der Waals surface area contributed by atoms with E-state index in [1.807, 2.05) is 0 Å². The molecular formula is C13H18F4N4O2S. The number of nitrogens with two attached hydrogens (primary N) is 1. The van der Waals surface area contributed by atoms with Crippen LogP contribution in [0.25, 0.3) is 0 Å². The van der Waals surface area contributed by atoms with E-state index in [0.29, 0.717) is 0 Å². The van der Waals surface area contributed by atoms with Gasteiger partial charge in [-0.15, -0.1) is 0 Å². The Morgan fingerprint density at radius 1 is 1.46 bits per heavy atom. The zero-order valence-corrected chi connectivity index (χ0v) is 13.9. The third-order valence-electron chi connectivity index (χ3n) is 2.86. The van der Waals surface area contributed by atoms with Gasteiger partial charge in [-0.25, -0.2) is 9.69 Å². The van der Waals surface area contributed by atoms with Crippen LogP contribution in [0.1, 0.15) is 24.6 Å². The third-order valence-corrected chi connectivity index (χ3v) is 4.77. The molecular weight excluding hydrogens is 352 g/mol. The van der Waals surface area contributed by atoms with E-state index in [1.54, 1.807) is 0 Å². The van der Waals surface area contributed by atoms with E-state index in [1.165, 1.54) is 13.2 Å². The molecule has 1 atom stereocenters. The van der Waals surface area contributed by atoms with Crippen LogP contribution in [-0.4, -0.2) is 39.6 Å². The van der Waals surface area contributed by atoms with Crippen LogP contribution in [0.15, 0.2) is 22.7 Å². The molecule has 0 radical (unpaired) electrons. The monoisotopic (exact) mass is 370 g/mol. The number of nitrogens with zero attached hydrogens (tertiary/aromatic N) is 2. The molecule has 24 heavy (non-hydrogen) atoms. The topological polar surface area (TPSA) is 89.6 Å². The van der Waals surface area contributed by atoms with Crippen molar-refractivity contribution >= 4 is 20.5 Å². The van der Waals surface area contributed by atoms with Gasteiger partial charge in [-0.3, -0.25) is 14.2 Å². The van der Waals surface area contributed by atoms with Crippen LogP contribution in [0.2, 0.25) is 0 Å². The van der Waals surface area contributed by atoms with Crippen molar-refractivity contribution in [2.75, 3.05) is 19.5 Å². The maximum Gasteiger partial charge on any atom is 0.433 e. The fraction of sp³-hybridized carbons (Fsp3) is 0.462. The van der Waals surface area contributed by atoms with Gasteiger partial charge in [-0.05, 0) is 13.0 Å². The molecule has 1 heterocycles. The molecule has 0 fully saturated rings. The largest absolute Gasteiger partial charge is 0.433 e. The molecule has 11 heteroatoms. The molecule has 0 saturated carbocycles.